The van der Waals surface area contributed by atoms with Gasteiger partial charge in [-0.1, -0.05) is 11.6 Å². The number of fused-ring (bicyclic) bond motifs is 3. The van der Waals surface area contributed by atoms with Crippen molar-refractivity contribution in [2.24, 2.45) is 5.92 Å². The lowest BCUT2D eigenvalue weighted by Gasteiger charge is -2.40. The number of likely N-dealkylation sites (N-methyl/N-ethyl adjacent to an activating group) is 1. The summed E-state index contributed by atoms with van der Waals surface area (Å²) in [5.41, 5.74) is 2.07. The highest BCUT2D eigenvalue weighted by Crippen LogP contribution is 2.41. The fraction of sp³-hybridized carbons (Fsp3) is 0.500. The van der Waals surface area contributed by atoms with Gasteiger partial charge in [0.2, 0.25) is 0 Å². The minimum absolute atomic E-state index is 0.294. The third kappa shape index (κ3) is 1.90. The van der Waals surface area contributed by atoms with Gasteiger partial charge in [0.1, 0.15) is 0 Å². The summed E-state index contributed by atoms with van der Waals surface area (Å²) in [4.78, 5) is 14.4. The second kappa shape index (κ2) is 4.11. The molecule has 1 aromatic rings. The fourth-order valence-corrected chi connectivity index (χ4v) is 3.38. The largest absolute Gasteiger partial charge is 0.306 e. The second-order valence-electron chi connectivity index (χ2n) is 5.28. The van der Waals surface area contributed by atoms with Crippen molar-refractivity contribution in [1.82, 2.24) is 4.90 Å². The monoisotopic (exact) mass is 249 g/mol. The lowest BCUT2D eigenvalue weighted by molar-refractivity contribution is 0.0887. The molecule has 0 aromatic heterocycles. The molecule has 90 valence electrons. The van der Waals surface area contributed by atoms with Crippen LogP contribution in [0.1, 0.15) is 34.7 Å². The lowest BCUT2D eigenvalue weighted by atomic mass is 9.71. The van der Waals surface area contributed by atoms with E-state index < -0.39 is 0 Å². The number of nitrogens with zero attached hydrogens (tertiary/aromatic N) is 1. The number of likely N-dealkylation sites (tertiary alicyclic amines) is 1. The Bertz CT molecular complexity index is 471. The van der Waals surface area contributed by atoms with Crippen molar-refractivity contribution in [3.05, 3.63) is 34.3 Å². The van der Waals surface area contributed by atoms with Crippen molar-refractivity contribution in [3.8, 4) is 0 Å². The van der Waals surface area contributed by atoms with Gasteiger partial charge in [-0.05, 0) is 49.7 Å². The number of piperidine rings is 1. The fourth-order valence-electron chi connectivity index (χ4n) is 3.20. The zero-order chi connectivity index (χ0) is 12.0. The topological polar surface area (TPSA) is 20.3 Å². The second-order valence-corrected chi connectivity index (χ2v) is 5.71. The number of hydrogen-bond donors (Lipinski definition) is 0. The van der Waals surface area contributed by atoms with Crippen LogP contribution in [0.4, 0.5) is 0 Å². The molecule has 1 heterocycles. The van der Waals surface area contributed by atoms with Gasteiger partial charge in [0, 0.05) is 29.5 Å². The minimum atomic E-state index is 0.294. The molecule has 3 heteroatoms. The summed E-state index contributed by atoms with van der Waals surface area (Å²) in [6.07, 6.45) is 1.84. The molecule has 0 radical (unpaired) electrons. The van der Waals surface area contributed by atoms with Crippen LogP contribution < -0.4 is 0 Å². The van der Waals surface area contributed by atoms with Crippen LogP contribution >= 0.6 is 11.6 Å². The number of halogens is 1. The average Bonchev–Trinajstić information content (AvgIpc) is 2.30. The molecule has 0 spiro atoms. The van der Waals surface area contributed by atoms with E-state index in [9.17, 15) is 4.79 Å². The Morgan fingerprint density at radius 2 is 2.24 bits per heavy atom. The van der Waals surface area contributed by atoms with Gasteiger partial charge in [0.25, 0.3) is 0 Å². The highest BCUT2D eigenvalue weighted by molar-refractivity contribution is 6.30. The predicted molar refractivity (Wildman–Crippen MR) is 68.7 cm³/mol. The molecule has 1 aromatic carbocycles. The number of benzene rings is 1. The highest BCUT2D eigenvalue weighted by Gasteiger charge is 2.36. The maximum Gasteiger partial charge on any atom is 0.163 e. The molecular formula is C14H16ClNO. The van der Waals surface area contributed by atoms with Crippen LogP contribution in [-0.4, -0.2) is 30.8 Å². The van der Waals surface area contributed by atoms with E-state index in [1.807, 2.05) is 18.2 Å². The molecule has 1 saturated heterocycles. The maximum atomic E-state index is 12.1. The molecule has 3 rings (SSSR count). The van der Waals surface area contributed by atoms with Gasteiger partial charge >= 0.3 is 0 Å². The number of rotatable bonds is 0. The number of Topliss-reactive ketones (excluding diaryl/α,β-unsaturated/α-hetero) is 1. The molecule has 2 aliphatic rings. The SMILES string of the molecule is CN1CC[C@@H]2CC(=O)c3ccc(Cl)cc3[C@@H]2C1. The van der Waals surface area contributed by atoms with Gasteiger partial charge in [0.05, 0.1) is 0 Å². The van der Waals surface area contributed by atoms with Crippen LogP contribution in [0.15, 0.2) is 18.2 Å². The number of ketones is 1. The Hall–Kier alpha value is -0.860. The van der Waals surface area contributed by atoms with Gasteiger partial charge < -0.3 is 4.90 Å². The van der Waals surface area contributed by atoms with E-state index in [1.165, 1.54) is 5.56 Å². The van der Waals surface area contributed by atoms with Crippen molar-refractivity contribution >= 4 is 17.4 Å². The normalized spacial score (nSPS) is 28.7. The third-order valence-electron chi connectivity index (χ3n) is 4.12. The molecule has 0 saturated carbocycles. The summed E-state index contributed by atoms with van der Waals surface area (Å²) in [5, 5.41) is 0.741. The summed E-state index contributed by atoms with van der Waals surface area (Å²) >= 11 is 6.07. The molecule has 17 heavy (non-hydrogen) atoms. The van der Waals surface area contributed by atoms with Crippen molar-refractivity contribution in [2.75, 3.05) is 20.1 Å². The first-order chi connectivity index (χ1) is 8.15. The summed E-state index contributed by atoms with van der Waals surface area (Å²) < 4.78 is 0. The summed E-state index contributed by atoms with van der Waals surface area (Å²) in [5.74, 6) is 1.30. The first-order valence-electron chi connectivity index (χ1n) is 6.16. The third-order valence-corrected chi connectivity index (χ3v) is 4.36. The summed E-state index contributed by atoms with van der Waals surface area (Å²) in [7, 11) is 2.15. The van der Waals surface area contributed by atoms with Crippen molar-refractivity contribution in [2.45, 2.75) is 18.8 Å². The van der Waals surface area contributed by atoms with E-state index >= 15 is 0 Å². The van der Waals surface area contributed by atoms with Gasteiger partial charge in [0.15, 0.2) is 5.78 Å². The van der Waals surface area contributed by atoms with Crippen molar-refractivity contribution in [3.63, 3.8) is 0 Å². The van der Waals surface area contributed by atoms with Crippen LogP contribution in [0.3, 0.4) is 0 Å². The molecule has 1 aliphatic heterocycles. The zero-order valence-electron chi connectivity index (χ0n) is 9.95. The molecule has 0 amide bonds. The van der Waals surface area contributed by atoms with E-state index in [-0.39, 0.29) is 0 Å². The summed E-state index contributed by atoms with van der Waals surface area (Å²) in [6.45, 7) is 2.15. The van der Waals surface area contributed by atoms with E-state index in [1.54, 1.807) is 0 Å². The predicted octanol–water partition coefficient (Wildman–Crippen LogP) is 2.96. The Labute approximate surface area is 107 Å². The van der Waals surface area contributed by atoms with Crippen LogP contribution in [-0.2, 0) is 0 Å². The number of carbonyl (C=O) groups excluding carboxylic acids is 1. The smallest absolute Gasteiger partial charge is 0.163 e. The molecule has 0 bridgehead atoms. The number of hydrogen-bond acceptors (Lipinski definition) is 2. The number of carbonyl (C=O) groups is 1. The van der Waals surface area contributed by atoms with Gasteiger partial charge in [-0.2, -0.15) is 0 Å². The quantitative estimate of drug-likeness (QED) is 0.705. The first-order valence-corrected chi connectivity index (χ1v) is 6.54. The average molecular weight is 250 g/mol. The molecular weight excluding hydrogens is 234 g/mol. The molecule has 0 unspecified atom stereocenters. The first kappa shape index (κ1) is 11.2. The molecule has 1 aliphatic carbocycles. The Morgan fingerprint density at radius 3 is 3.06 bits per heavy atom. The van der Waals surface area contributed by atoms with E-state index in [2.05, 4.69) is 11.9 Å². The van der Waals surface area contributed by atoms with Crippen LogP contribution in [0.2, 0.25) is 5.02 Å². The Morgan fingerprint density at radius 1 is 1.41 bits per heavy atom. The zero-order valence-corrected chi connectivity index (χ0v) is 10.7. The van der Waals surface area contributed by atoms with Crippen molar-refractivity contribution in [1.29, 1.82) is 0 Å². The minimum Gasteiger partial charge on any atom is -0.306 e. The van der Waals surface area contributed by atoms with E-state index in [0.29, 0.717) is 24.0 Å². The van der Waals surface area contributed by atoms with E-state index in [4.69, 9.17) is 11.6 Å². The summed E-state index contributed by atoms with van der Waals surface area (Å²) in [6, 6.07) is 5.71. The molecule has 1 fully saturated rings. The van der Waals surface area contributed by atoms with Crippen molar-refractivity contribution < 1.29 is 4.79 Å². The molecule has 0 N–H and O–H groups in total. The van der Waals surface area contributed by atoms with E-state index in [0.717, 1.165) is 30.1 Å². The van der Waals surface area contributed by atoms with Gasteiger partial charge in [-0.15, -0.1) is 0 Å². The van der Waals surface area contributed by atoms with Crippen LogP contribution in [0.25, 0.3) is 0 Å². The van der Waals surface area contributed by atoms with Gasteiger partial charge in [-0.25, -0.2) is 0 Å². The maximum absolute atomic E-state index is 12.1. The van der Waals surface area contributed by atoms with Crippen LogP contribution in [0.5, 0.6) is 0 Å². The van der Waals surface area contributed by atoms with Crippen LogP contribution in [0, 0.1) is 5.92 Å². The molecule has 2 nitrogen and oxygen atoms in total. The van der Waals surface area contributed by atoms with Gasteiger partial charge in [-0.3, -0.25) is 4.79 Å². The highest BCUT2D eigenvalue weighted by atomic mass is 35.5. The lowest BCUT2D eigenvalue weighted by Crippen LogP contribution is -2.40. The standard InChI is InChI=1S/C14H16ClNO/c1-16-5-4-9-6-14(17)11-3-2-10(15)7-12(11)13(9)8-16/h2-3,7,9,13H,4-6,8H2,1H3/t9-,13-/m1/s1. The Kier molecular flexibility index (Phi) is 2.72. The Balaban J connectivity index is 2.06. The molecule has 2 atom stereocenters.